The van der Waals surface area contributed by atoms with Crippen molar-refractivity contribution >= 4 is 12.6 Å². The van der Waals surface area contributed by atoms with Crippen molar-refractivity contribution in [3.05, 3.63) is 30.1 Å². The zero-order valence-corrected chi connectivity index (χ0v) is 7.04. The van der Waals surface area contributed by atoms with E-state index in [4.69, 9.17) is 5.11 Å². The number of hydrogen-bond acceptors (Lipinski definition) is 3. The number of aliphatic hydroxyl groups is 1. The highest BCUT2D eigenvalue weighted by Crippen LogP contribution is 2.21. The quantitative estimate of drug-likeness (QED) is 0.671. The lowest BCUT2D eigenvalue weighted by Gasteiger charge is -2.07. The van der Waals surface area contributed by atoms with Crippen LogP contribution in [0.2, 0.25) is 0 Å². The van der Waals surface area contributed by atoms with Gasteiger partial charge in [0.05, 0.1) is 0 Å². The molecule has 0 fully saturated rings. The molecule has 0 aliphatic heterocycles. The summed E-state index contributed by atoms with van der Waals surface area (Å²) in [7, 11) is 0. The van der Waals surface area contributed by atoms with Gasteiger partial charge in [0.1, 0.15) is 0 Å². The maximum Gasteiger partial charge on any atom is 0.0444 e. The fourth-order valence-electron chi connectivity index (χ4n) is 0.875. The molecule has 0 aromatic carbocycles. The molecule has 11 heavy (non-hydrogen) atoms. The van der Waals surface area contributed by atoms with Crippen LogP contribution in [0.1, 0.15) is 17.2 Å². The van der Waals surface area contributed by atoms with E-state index in [0.717, 1.165) is 5.56 Å². The van der Waals surface area contributed by atoms with Gasteiger partial charge in [-0.3, -0.25) is 4.98 Å². The third-order valence-corrected chi connectivity index (χ3v) is 2.05. The summed E-state index contributed by atoms with van der Waals surface area (Å²) in [6, 6.07) is 3.82. The van der Waals surface area contributed by atoms with E-state index in [1.807, 2.05) is 12.1 Å². The summed E-state index contributed by atoms with van der Waals surface area (Å²) < 4.78 is 0. The monoisotopic (exact) mass is 169 g/mol. The summed E-state index contributed by atoms with van der Waals surface area (Å²) in [5.74, 6) is 0. The highest BCUT2D eigenvalue weighted by Gasteiger charge is 2.03. The Morgan fingerprint density at radius 3 is 2.64 bits per heavy atom. The molecular weight excluding hydrogens is 158 g/mol. The molecule has 1 atom stereocenters. The molecular formula is C8H11NOS. The standard InChI is InChI=1S/C8H11NOS/c10-6-3-8(11)7-1-4-9-5-2-7/h1-2,4-5,8,10-11H,3,6H2. The van der Waals surface area contributed by atoms with E-state index in [1.165, 1.54) is 0 Å². The van der Waals surface area contributed by atoms with Crippen molar-refractivity contribution in [1.29, 1.82) is 0 Å². The van der Waals surface area contributed by atoms with Crippen LogP contribution < -0.4 is 0 Å². The minimum atomic E-state index is 0.128. The molecule has 0 amide bonds. The molecule has 0 aliphatic rings. The molecule has 1 unspecified atom stereocenters. The van der Waals surface area contributed by atoms with Crippen molar-refractivity contribution in [1.82, 2.24) is 4.98 Å². The Hall–Kier alpha value is -0.540. The first-order valence-corrected chi connectivity index (χ1v) is 4.05. The SMILES string of the molecule is OCCC(S)c1ccncc1. The van der Waals surface area contributed by atoms with Crippen LogP contribution in [-0.4, -0.2) is 16.7 Å². The Bertz CT molecular complexity index is 203. The van der Waals surface area contributed by atoms with Crippen LogP contribution in [0, 0.1) is 0 Å². The Morgan fingerprint density at radius 2 is 2.09 bits per heavy atom. The van der Waals surface area contributed by atoms with Crippen LogP contribution in [0.5, 0.6) is 0 Å². The Balaban J connectivity index is 2.61. The number of pyridine rings is 1. The van der Waals surface area contributed by atoms with Gasteiger partial charge in [-0.1, -0.05) is 0 Å². The molecule has 60 valence electrons. The lowest BCUT2D eigenvalue weighted by Crippen LogP contribution is -1.93. The van der Waals surface area contributed by atoms with Crippen LogP contribution in [0.4, 0.5) is 0 Å². The first kappa shape index (κ1) is 8.56. The largest absolute Gasteiger partial charge is 0.396 e. The maximum absolute atomic E-state index is 8.63. The van der Waals surface area contributed by atoms with Gasteiger partial charge in [-0.2, -0.15) is 12.6 Å². The zero-order chi connectivity index (χ0) is 8.10. The summed E-state index contributed by atoms with van der Waals surface area (Å²) in [5.41, 5.74) is 1.11. The van der Waals surface area contributed by atoms with Crippen molar-refractivity contribution < 1.29 is 5.11 Å². The van der Waals surface area contributed by atoms with Gasteiger partial charge in [0.15, 0.2) is 0 Å². The molecule has 0 bridgehead atoms. The number of rotatable bonds is 3. The van der Waals surface area contributed by atoms with Crippen molar-refractivity contribution in [2.24, 2.45) is 0 Å². The number of hydrogen-bond donors (Lipinski definition) is 2. The molecule has 0 spiro atoms. The number of aliphatic hydroxyl groups excluding tert-OH is 1. The average Bonchev–Trinajstić information content (AvgIpc) is 2.07. The van der Waals surface area contributed by atoms with Gasteiger partial charge in [-0.15, -0.1) is 0 Å². The predicted octanol–water partition coefficient (Wildman–Crippen LogP) is 1.43. The van der Waals surface area contributed by atoms with Gasteiger partial charge < -0.3 is 5.11 Å². The second-order valence-corrected chi connectivity index (χ2v) is 2.93. The van der Waals surface area contributed by atoms with Gasteiger partial charge in [-0.25, -0.2) is 0 Å². The zero-order valence-electron chi connectivity index (χ0n) is 6.14. The Labute approximate surface area is 71.7 Å². The van der Waals surface area contributed by atoms with E-state index in [1.54, 1.807) is 12.4 Å². The van der Waals surface area contributed by atoms with Crippen LogP contribution >= 0.6 is 12.6 Å². The molecule has 0 aliphatic carbocycles. The summed E-state index contributed by atoms with van der Waals surface area (Å²) in [5, 5.41) is 8.76. The summed E-state index contributed by atoms with van der Waals surface area (Å²) in [6.45, 7) is 0.177. The summed E-state index contributed by atoms with van der Waals surface area (Å²) >= 11 is 4.31. The minimum Gasteiger partial charge on any atom is -0.396 e. The maximum atomic E-state index is 8.63. The third-order valence-electron chi connectivity index (χ3n) is 1.49. The van der Waals surface area contributed by atoms with Crippen LogP contribution in [-0.2, 0) is 0 Å². The lowest BCUT2D eigenvalue weighted by atomic mass is 10.1. The first-order valence-electron chi connectivity index (χ1n) is 3.53. The van der Waals surface area contributed by atoms with Gasteiger partial charge in [0.2, 0.25) is 0 Å². The summed E-state index contributed by atoms with van der Waals surface area (Å²) in [4.78, 5) is 3.89. The van der Waals surface area contributed by atoms with Gasteiger partial charge in [0.25, 0.3) is 0 Å². The molecule has 2 nitrogen and oxygen atoms in total. The molecule has 1 aromatic heterocycles. The molecule has 1 N–H and O–H groups in total. The summed E-state index contributed by atoms with van der Waals surface area (Å²) in [6.07, 6.45) is 4.15. The molecule has 0 saturated carbocycles. The molecule has 1 rings (SSSR count). The number of thiol groups is 1. The molecule has 3 heteroatoms. The minimum absolute atomic E-state index is 0.128. The van der Waals surface area contributed by atoms with E-state index in [9.17, 15) is 0 Å². The van der Waals surface area contributed by atoms with E-state index in [-0.39, 0.29) is 11.9 Å². The van der Waals surface area contributed by atoms with Gasteiger partial charge in [-0.05, 0) is 24.1 Å². The van der Waals surface area contributed by atoms with Crippen LogP contribution in [0.15, 0.2) is 24.5 Å². The highest BCUT2D eigenvalue weighted by molar-refractivity contribution is 7.80. The van der Waals surface area contributed by atoms with Crippen LogP contribution in [0.25, 0.3) is 0 Å². The molecule has 1 heterocycles. The number of nitrogens with zero attached hydrogens (tertiary/aromatic N) is 1. The van der Waals surface area contributed by atoms with Crippen molar-refractivity contribution in [3.63, 3.8) is 0 Å². The number of aromatic nitrogens is 1. The van der Waals surface area contributed by atoms with Gasteiger partial charge >= 0.3 is 0 Å². The predicted molar refractivity (Wildman–Crippen MR) is 47.7 cm³/mol. The van der Waals surface area contributed by atoms with E-state index >= 15 is 0 Å². The van der Waals surface area contributed by atoms with E-state index in [0.29, 0.717) is 6.42 Å². The van der Waals surface area contributed by atoms with E-state index in [2.05, 4.69) is 17.6 Å². The topological polar surface area (TPSA) is 33.1 Å². The molecule has 1 aromatic rings. The van der Waals surface area contributed by atoms with Gasteiger partial charge in [0, 0.05) is 24.3 Å². The van der Waals surface area contributed by atoms with Crippen LogP contribution in [0.3, 0.4) is 0 Å². The Kier molecular flexibility index (Phi) is 3.39. The van der Waals surface area contributed by atoms with Crippen molar-refractivity contribution in [3.8, 4) is 0 Å². The van der Waals surface area contributed by atoms with Crippen molar-refractivity contribution in [2.75, 3.05) is 6.61 Å². The van der Waals surface area contributed by atoms with E-state index < -0.39 is 0 Å². The second-order valence-electron chi connectivity index (χ2n) is 2.31. The lowest BCUT2D eigenvalue weighted by molar-refractivity contribution is 0.287. The smallest absolute Gasteiger partial charge is 0.0444 e. The normalized spacial score (nSPS) is 12.9. The highest BCUT2D eigenvalue weighted by atomic mass is 32.1. The Morgan fingerprint density at radius 1 is 1.45 bits per heavy atom. The fraction of sp³-hybridized carbons (Fsp3) is 0.375. The molecule has 0 saturated heterocycles. The molecule has 0 radical (unpaired) electrons. The fourth-order valence-corrected chi connectivity index (χ4v) is 1.16. The first-order chi connectivity index (χ1) is 5.34. The van der Waals surface area contributed by atoms with Crippen molar-refractivity contribution in [2.45, 2.75) is 11.7 Å². The second kappa shape index (κ2) is 4.36. The third kappa shape index (κ3) is 2.52. The average molecular weight is 169 g/mol.